The zero-order valence-corrected chi connectivity index (χ0v) is 22.7. The van der Waals surface area contributed by atoms with Gasteiger partial charge in [0.25, 0.3) is 0 Å². The van der Waals surface area contributed by atoms with Crippen molar-refractivity contribution in [3.8, 4) is 0 Å². The number of hydrogen-bond donors (Lipinski definition) is 3. The Morgan fingerprint density at radius 2 is 1.63 bits per heavy atom. The largest absolute Gasteiger partial charge is 0.416 e. The lowest BCUT2D eigenvalue weighted by molar-refractivity contribution is -0.143. The van der Waals surface area contributed by atoms with Gasteiger partial charge in [0.1, 0.15) is 6.33 Å². The summed E-state index contributed by atoms with van der Waals surface area (Å²) in [5, 5.41) is 20.4. The summed E-state index contributed by atoms with van der Waals surface area (Å²) in [5.74, 6) is 0. The lowest BCUT2D eigenvalue weighted by atomic mass is 9.72. The Bertz CT molecular complexity index is 1350. The number of rotatable bonds is 8. The predicted molar refractivity (Wildman–Crippen MR) is 138 cm³/mol. The lowest BCUT2D eigenvalue weighted by Gasteiger charge is -2.49. The van der Waals surface area contributed by atoms with Crippen LogP contribution in [0.15, 0.2) is 59.7 Å². The van der Waals surface area contributed by atoms with Gasteiger partial charge < -0.3 is 15.2 Å². The van der Waals surface area contributed by atoms with Crippen molar-refractivity contribution >= 4 is 0 Å². The molecule has 2 aromatic carbocycles. The lowest BCUT2D eigenvalue weighted by Crippen LogP contribution is -2.61. The van der Waals surface area contributed by atoms with Crippen LogP contribution in [-0.4, -0.2) is 38.6 Å². The van der Waals surface area contributed by atoms with Crippen molar-refractivity contribution in [1.82, 2.24) is 20.1 Å². The smallest absolute Gasteiger partial charge is 0.390 e. The highest BCUT2D eigenvalue weighted by Crippen LogP contribution is 2.42. The van der Waals surface area contributed by atoms with E-state index in [0.29, 0.717) is 25.0 Å². The standard InChI is InChI=1S/C28H32F6N4O3/c1-18(19-11-21(27(29,30)31)13-22(12-19)28(32,33)34)41-16-26(20-7-5-4-6-8-20)10-9-25(15-35-26,14-24(2,3)40)38-17-36-37-23(38)39/h4-8,11-13,17-18,35,40H,9-10,14-16H2,1-3H3,(H,37,39)/t18-,25-,26-/m1/s1. The number of halogens is 6. The molecule has 1 fully saturated rings. The van der Waals surface area contributed by atoms with Gasteiger partial charge in [0, 0.05) is 13.0 Å². The van der Waals surface area contributed by atoms with Crippen LogP contribution < -0.4 is 11.0 Å². The maximum absolute atomic E-state index is 13.4. The van der Waals surface area contributed by atoms with E-state index in [2.05, 4.69) is 15.5 Å². The summed E-state index contributed by atoms with van der Waals surface area (Å²) in [5.41, 5.74) is -5.62. The number of aliphatic hydroxyl groups is 1. The van der Waals surface area contributed by atoms with Gasteiger partial charge in [-0.1, -0.05) is 30.3 Å². The number of ether oxygens (including phenoxy) is 1. The van der Waals surface area contributed by atoms with Gasteiger partial charge in [-0.25, -0.2) is 9.89 Å². The molecule has 13 heteroatoms. The third-order valence-electron chi connectivity index (χ3n) is 7.58. The molecule has 1 saturated heterocycles. The highest BCUT2D eigenvalue weighted by molar-refractivity contribution is 5.35. The number of benzene rings is 2. The summed E-state index contributed by atoms with van der Waals surface area (Å²) in [6.07, 6.45) is -8.72. The van der Waals surface area contributed by atoms with E-state index >= 15 is 0 Å². The van der Waals surface area contributed by atoms with Crippen LogP contribution in [0.3, 0.4) is 0 Å². The van der Waals surface area contributed by atoms with Gasteiger partial charge in [0.05, 0.1) is 40.5 Å². The first kappa shape index (κ1) is 30.8. The molecule has 0 aliphatic carbocycles. The number of nitrogens with one attached hydrogen (secondary N) is 2. The van der Waals surface area contributed by atoms with Gasteiger partial charge in [-0.3, -0.25) is 4.57 Å². The average molecular weight is 587 g/mol. The molecule has 0 radical (unpaired) electrons. The molecule has 0 unspecified atom stereocenters. The van der Waals surface area contributed by atoms with Crippen molar-refractivity contribution in [2.24, 2.45) is 0 Å². The fourth-order valence-corrected chi connectivity index (χ4v) is 5.58. The second-order valence-electron chi connectivity index (χ2n) is 11.3. The van der Waals surface area contributed by atoms with Crippen molar-refractivity contribution in [3.05, 3.63) is 87.6 Å². The molecular formula is C28H32F6N4O3. The summed E-state index contributed by atoms with van der Waals surface area (Å²) in [4.78, 5) is 12.6. The first-order chi connectivity index (χ1) is 18.9. The normalized spacial score (nSPS) is 23.0. The maximum Gasteiger partial charge on any atom is 0.416 e. The molecule has 1 aliphatic heterocycles. The minimum Gasteiger partial charge on any atom is -0.390 e. The molecule has 1 aromatic heterocycles. The first-order valence-electron chi connectivity index (χ1n) is 13.0. The summed E-state index contributed by atoms with van der Waals surface area (Å²) in [7, 11) is 0. The van der Waals surface area contributed by atoms with E-state index in [1.807, 2.05) is 30.3 Å². The zero-order chi connectivity index (χ0) is 30.3. The van der Waals surface area contributed by atoms with Gasteiger partial charge in [-0.15, -0.1) is 0 Å². The maximum atomic E-state index is 13.4. The van der Waals surface area contributed by atoms with Crippen LogP contribution in [0, 0.1) is 0 Å². The Hall–Kier alpha value is -3.16. The minimum atomic E-state index is -4.97. The van der Waals surface area contributed by atoms with Crippen LogP contribution in [0.4, 0.5) is 26.3 Å². The van der Waals surface area contributed by atoms with Crippen LogP contribution in [0.2, 0.25) is 0 Å². The van der Waals surface area contributed by atoms with Crippen molar-refractivity contribution in [2.75, 3.05) is 13.2 Å². The van der Waals surface area contributed by atoms with Crippen LogP contribution >= 0.6 is 0 Å². The predicted octanol–water partition coefficient (Wildman–Crippen LogP) is 5.52. The fraction of sp³-hybridized carbons (Fsp3) is 0.500. The molecule has 4 rings (SSSR count). The number of aromatic nitrogens is 3. The van der Waals surface area contributed by atoms with Gasteiger partial charge in [0.2, 0.25) is 0 Å². The van der Waals surface area contributed by atoms with Gasteiger partial charge in [-0.2, -0.15) is 31.4 Å². The minimum absolute atomic E-state index is 0.0877. The van der Waals surface area contributed by atoms with E-state index in [4.69, 9.17) is 4.74 Å². The highest BCUT2D eigenvalue weighted by Gasteiger charge is 2.48. The Labute approximate surface area is 232 Å². The summed E-state index contributed by atoms with van der Waals surface area (Å²) in [6, 6.07) is 10.6. The van der Waals surface area contributed by atoms with Crippen molar-refractivity contribution in [1.29, 1.82) is 0 Å². The molecule has 0 spiro atoms. The summed E-state index contributed by atoms with van der Waals surface area (Å²) < 4.78 is 88.0. The third kappa shape index (κ3) is 6.84. The van der Waals surface area contributed by atoms with Gasteiger partial charge >= 0.3 is 18.0 Å². The van der Waals surface area contributed by atoms with E-state index in [1.165, 1.54) is 17.8 Å². The Morgan fingerprint density at radius 3 is 2.10 bits per heavy atom. The second-order valence-corrected chi connectivity index (χ2v) is 11.3. The van der Waals surface area contributed by atoms with Crippen LogP contribution in [0.5, 0.6) is 0 Å². The first-order valence-corrected chi connectivity index (χ1v) is 13.0. The third-order valence-corrected chi connectivity index (χ3v) is 7.58. The Kier molecular flexibility index (Phi) is 8.20. The van der Waals surface area contributed by atoms with Crippen molar-refractivity contribution in [3.63, 3.8) is 0 Å². The molecule has 1 aliphatic rings. The quantitative estimate of drug-likeness (QED) is 0.303. The molecule has 3 aromatic rings. The molecule has 0 amide bonds. The Morgan fingerprint density at radius 1 is 1.02 bits per heavy atom. The molecule has 2 heterocycles. The fourth-order valence-electron chi connectivity index (χ4n) is 5.58. The monoisotopic (exact) mass is 586 g/mol. The number of piperidine rings is 1. The topological polar surface area (TPSA) is 92.2 Å². The number of hydrogen-bond acceptors (Lipinski definition) is 5. The average Bonchev–Trinajstić information content (AvgIpc) is 3.33. The molecule has 3 atom stereocenters. The van der Waals surface area contributed by atoms with E-state index in [1.54, 1.807) is 13.8 Å². The van der Waals surface area contributed by atoms with Crippen LogP contribution in [0.1, 0.15) is 68.4 Å². The van der Waals surface area contributed by atoms with E-state index in [9.17, 15) is 36.2 Å². The van der Waals surface area contributed by atoms with Gasteiger partial charge in [0.15, 0.2) is 0 Å². The molecule has 0 bridgehead atoms. The number of alkyl halides is 6. The van der Waals surface area contributed by atoms with Crippen molar-refractivity contribution < 1.29 is 36.2 Å². The molecule has 224 valence electrons. The summed E-state index contributed by atoms with van der Waals surface area (Å²) >= 11 is 0. The molecule has 3 N–H and O–H groups in total. The second kappa shape index (κ2) is 10.9. The molecule has 0 saturated carbocycles. The van der Waals surface area contributed by atoms with Crippen LogP contribution in [-0.2, 0) is 28.2 Å². The number of aromatic amines is 1. The Balaban J connectivity index is 1.65. The number of H-pyrrole nitrogens is 1. The highest BCUT2D eigenvalue weighted by atomic mass is 19.4. The summed E-state index contributed by atoms with van der Waals surface area (Å²) in [6.45, 7) is 4.78. The zero-order valence-electron chi connectivity index (χ0n) is 22.7. The SMILES string of the molecule is C[C@@H](OC[C@@]1(c2ccccc2)CC[C@](CC(C)(C)O)(n2cn[nH]c2=O)CN1)c1cc(C(F)(F)F)cc(C(F)(F)F)c1. The van der Waals surface area contributed by atoms with Crippen LogP contribution in [0.25, 0.3) is 0 Å². The van der Waals surface area contributed by atoms with Crippen molar-refractivity contribution in [2.45, 2.75) is 75.2 Å². The molecule has 7 nitrogen and oxygen atoms in total. The number of nitrogens with zero attached hydrogens (tertiary/aromatic N) is 2. The molecule has 41 heavy (non-hydrogen) atoms. The van der Waals surface area contributed by atoms with E-state index in [-0.39, 0.29) is 31.2 Å². The van der Waals surface area contributed by atoms with Gasteiger partial charge in [-0.05, 0) is 62.9 Å². The molecular weight excluding hydrogens is 554 g/mol. The van der Waals surface area contributed by atoms with E-state index < -0.39 is 52.0 Å². The van der Waals surface area contributed by atoms with E-state index in [0.717, 1.165) is 5.56 Å².